The maximum Gasteiger partial charge on any atom is 0.262 e. The summed E-state index contributed by atoms with van der Waals surface area (Å²) >= 11 is 0. The molecule has 2 aromatic heterocycles. The van der Waals surface area contributed by atoms with Gasteiger partial charge < -0.3 is 13.9 Å². The summed E-state index contributed by atoms with van der Waals surface area (Å²) in [4.78, 5) is 28.0. The van der Waals surface area contributed by atoms with E-state index in [-0.39, 0.29) is 24.3 Å². The summed E-state index contributed by atoms with van der Waals surface area (Å²) < 4.78 is 11.1. The fourth-order valence-electron chi connectivity index (χ4n) is 6.18. The van der Waals surface area contributed by atoms with Crippen LogP contribution in [0.25, 0.3) is 43.6 Å². The number of ether oxygens (including phenoxy) is 1. The van der Waals surface area contributed by atoms with Crippen molar-refractivity contribution in [3.05, 3.63) is 59.7 Å². The summed E-state index contributed by atoms with van der Waals surface area (Å²) in [5.74, 6) is -0.450. The van der Waals surface area contributed by atoms with E-state index < -0.39 is 0 Å². The first-order valence-corrected chi connectivity index (χ1v) is 10.7. The van der Waals surface area contributed by atoms with Gasteiger partial charge in [-0.25, -0.2) is 0 Å². The van der Waals surface area contributed by atoms with Crippen molar-refractivity contribution in [3.63, 3.8) is 0 Å². The molecule has 1 saturated heterocycles. The largest absolute Gasteiger partial charge is 0.335 e. The van der Waals surface area contributed by atoms with Crippen molar-refractivity contribution in [3.8, 4) is 0 Å². The number of imide groups is 1. The number of rotatable bonds is 0. The fourth-order valence-corrected chi connectivity index (χ4v) is 6.18. The van der Waals surface area contributed by atoms with Gasteiger partial charge in [-0.05, 0) is 25.0 Å². The van der Waals surface area contributed by atoms with Gasteiger partial charge in [-0.1, -0.05) is 36.4 Å². The Morgan fingerprint density at radius 2 is 1.19 bits per heavy atom. The Balaban J connectivity index is 1.81. The van der Waals surface area contributed by atoms with Crippen LogP contribution >= 0.6 is 0 Å². The molecular weight excluding hydrogens is 390 g/mol. The number of carbonyl (C=O) groups excluding carboxylic acids is 2. The zero-order valence-corrected chi connectivity index (χ0v) is 16.8. The van der Waals surface area contributed by atoms with E-state index in [4.69, 9.17) is 4.74 Å². The number of amides is 2. The van der Waals surface area contributed by atoms with Gasteiger partial charge in [0, 0.05) is 28.6 Å². The number of aromatic nitrogens is 2. The second-order valence-electron chi connectivity index (χ2n) is 8.76. The number of nitrogens with zero attached hydrogens (tertiary/aromatic N) is 3. The molecule has 2 amide bonds. The van der Waals surface area contributed by atoms with Crippen LogP contribution in [-0.2, 0) is 4.74 Å². The molecule has 0 N–H and O–H groups in total. The van der Waals surface area contributed by atoms with E-state index in [0.29, 0.717) is 11.1 Å². The first-order chi connectivity index (χ1) is 15.2. The zero-order valence-electron chi connectivity index (χ0n) is 16.8. The van der Waals surface area contributed by atoms with Gasteiger partial charge in [-0.15, -0.1) is 0 Å². The van der Waals surface area contributed by atoms with E-state index in [1.807, 2.05) is 24.3 Å². The smallest absolute Gasteiger partial charge is 0.262 e. The second-order valence-corrected chi connectivity index (χ2v) is 8.76. The van der Waals surface area contributed by atoms with Crippen LogP contribution in [0.15, 0.2) is 48.5 Å². The molecule has 8 rings (SSSR count). The molecule has 0 spiro atoms. The Bertz CT molecular complexity index is 1570. The zero-order chi connectivity index (χ0) is 20.6. The fraction of sp³-hybridized carbons (Fsp3) is 0.200. The number of para-hydroxylation sites is 2. The Morgan fingerprint density at radius 1 is 0.742 bits per heavy atom. The summed E-state index contributed by atoms with van der Waals surface area (Å²) in [6, 6.07) is 16.3. The normalized spacial score (nSPS) is 22.0. The van der Waals surface area contributed by atoms with Crippen LogP contribution in [0.5, 0.6) is 0 Å². The molecular formula is C25H17N3O3. The molecule has 6 nitrogen and oxygen atoms in total. The van der Waals surface area contributed by atoms with Crippen molar-refractivity contribution in [1.82, 2.24) is 14.0 Å². The third-order valence-corrected chi connectivity index (χ3v) is 7.38. The highest BCUT2D eigenvalue weighted by molar-refractivity contribution is 6.39. The van der Waals surface area contributed by atoms with Crippen LogP contribution in [0, 0.1) is 0 Å². The monoisotopic (exact) mass is 407 g/mol. The third-order valence-electron chi connectivity index (χ3n) is 7.38. The summed E-state index contributed by atoms with van der Waals surface area (Å²) in [5.41, 5.74) is 5.18. The highest BCUT2D eigenvalue weighted by Crippen LogP contribution is 2.52. The maximum atomic E-state index is 13.4. The van der Waals surface area contributed by atoms with Gasteiger partial charge in [0.1, 0.15) is 12.5 Å². The molecule has 0 radical (unpaired) electrons. The molecule has 5 heterocycles. The van der Waals surface area contributed by atoms with Gasteiger partial charge in [0.05, 0.1) is 33.2 Å². The number of hydrogen-bond donors (Lipinski definition) is 0. The topological polar surface area (TPSA) is 56.5 Å². The van der Waals surface area contributed by atoms with Crippen LogP contribution < -0.4 is 0 Å². The predicted octanol–water partition coefficient (Wildman–Crippen LogP) is 4.95. The van der Waals surface area contributed by atoms with Crippen LogP contribution in [0.3, 0.4) is 0 Å². The van der Waals surface area contributed by atoms with Crippen molar-refractivity contribution in [2.45, 2.75) is 25.3 Å². The average molecular weight is 407 g/mol. The van der Waals surface area contributed by atoms with E-state index in [1.54, 1.807) is 7.05 Å². The Kier molecular flexibility index (Phi) is 2.59. The summed E-state index contributed by atoms with van der Waals surface area (Å²) in [6.45, 7) is 0. The van der Waals surface area contributed by atoms with Gasteiger partial charge in [0.2, 0.25) is 0 Å². The standard InChI is InChI=1S/C25H17N3O3/c1-26-24(29)20-18-12-6-2-4-8-14(12)27-16-10-11-17(31-16)28-15-9-5-3-7-13(15)19(21(20)25(26)30)23(28)22(18)27/h2-9,16-17H,10-11H2,1H3/t16-,17+. The molecule has 0 aliphatic carbocycles. The quantitative estimate of drug-likeness (QED) is 0.341. The highest BCUT2D eigenvalue weighted by atomic mass is 16.5. The lowest BCUT2D eigenvalue weighted by atomic mass is 9.96. The number of carbonyl (C=O) groups is 2. The minimum Gasteiger partial charge on any atom is -0.335 e. The molecule has 1 fully saturated rings. The predicted molar refractivity (Wildman–Crippen MR) is 117 cm³/mol. The van der Waals surface area contributed by atoms with E-state index in [9.17, 15) is 9.59 Å². The van der Waals surface area contributed by atoms with Gasteiger partial charge in [0.25, 0.3) is 11.8 Å². The molecule has 5 aromatic rings. The molecule has 150 valence electrons. The maximum absolute atomic E-state index is 13.4. The van der Waals surface area contributed by atoms with Crippen molar-refractivity contribution in [2.24, 2.45) is 0 Å². The van der Waals surface area contributed by atoms with Gasteiger partial charge >= 0.3 is 0 Å². The number of fused-ring (bicyclic) bond motifs is 13. The molecule has 0 saturated carbocycles. The molecule has 2 bridgehead atoms. The second kappa shape index (κ2) is 4.98. The lowest BCUT2D eigenvalue weighted by Crippen LogP contribution is -2.24. The van der Waals surface area contributed by atoms with Gasteiger partial charge in [0.15, 0.2) is 0 Å². The molecule has 3 aliphatic rings. The van der Waals surface area contributed by atoms with Crippen LogP contribution in [0.2, 0.25) is 0 Å². The van der Waals surface area contributed by atoms with Crippen molar-refractivity contribution in [1.29, 1.82) is 0 Å². The molecule has 31 heavy (non-hydrogen) atoms. The lowest BCUT2D eigenvalue weighted by molar-refractivity contribution is -0.0229. The molecule has 3 aromatic carbocycles. The van der Waals surface area contributed by atoms with Crippen molar-refractivity contribution >= 4 is 55.4 Å². The molecule has 0 unspecified atom stereocenters. The van der Waals surface area contributed by atoms with Crippen molar-refractivity contribution < 1.29 is 14.3 Å². The summed E-state index contributed by atoms with van der Waals surface area (Å²) in [6.07, 6.45) is 1.65. The Morgan fingerprint density at radius 3 is 1.68 bits per heavy atom. The first-order valence-electron chi connectivity index (χ1n) is 10.7. The van der Waals surface area contributed by atoms with Gasteiger partial charge in [-0.2, -0.15) is 0 Å². The highest BCUT2D eigenvalue weighted by Gasteiger charge is 2.43. The van der Waals surface area contributed by atoms with Crippen LogP contribution in [0.1, 0.15) is 46.0 Å². The van der Waals surface area contributed by atoms with E-state index in [0.717, 1.165) is 56.5 Å². The molecule has 3 aliphatic heterocycles. The number of hydrogen-bond acceptors (Lipinski definition) is 3. The van der Waals surface area contributed by atoms with Crippen molar-refractivity contribution in [2.75, 3.05) is 7.05 Å². The van der Waals surface area contributed by atoms with Crippen LogP contribution in [0.4, 0.5) is 0 Å². The SMILES string of the molecule is CN1C(=O)c2c(c3c4ccccc4n4c3c3c2c2ccccc2n3[C@@H]2CC[C@H]4O2)C1=O. The average Bonchev–Trinajstić information content (AvgIpc) is 3.49. The minimum atomic E-state index is -0.225. The van der Waals surface area contributed by atoms with E-state index >= 15 is 0 Å². The molecule has 6 heteroatoms. The van der Waals surface area contributed by atoms with Crippen LogP contribution in [-0.4, -0.2) is 32.9 Å². The Hall–Kier alpha value is -3.64. The first kappa shape index (κ1) is 16.1. The number of benzene rings is 3. The Labute approximate surface area is 176 Å². The lowest BCUT2D eigenvalue weighted by Gasteiger charge is -2.15. The summed E-state index contributed by atoms with van der Waals surface area (Å²) in [7, 11) is 1.58. The third kappa shape index (κ3) is 1.58. The molecule has 2 atom stereocenters. The summed E-state index contributed by atoms with van der Waals surface area (Å²) in [5, 5.41) is 3.75. The van der Waals surface area contributed by atoms with E-state index in [1.165, 1.54) is 4.90 Å². The van der Waals surface area contributed by atoms with Gasteiger partial charge in [-0.3, -0.25) is 14.5 Å². The van der Waals surface area contributed by atoms with E-state index in [2.05, 4.69) is 33.4 Å². The minimum absolute atomic E-state index is 0.0859.